The lowest BCUT2D eigenvalue weighted by Gasteiger charge is -2.30. The van der Waals surface area contributed by atoms with Gasteiger partial charge in [0.05, 0.1) is 12.2 Å². The molecule has 0 aromatic rings. The molecular formula is C12H24O9P-. The van der Waals surface area contributed by atoms with Crippen molar-refractivity contribution in [3.63, 3.8) is 0 Å². The Morgan fingerprint density at radius 3 is 2.18 bits per heavy atom. The molecule has 132 valence electrons. The van der Waals surface area contributed by atoms with Gasteiger partial charge in [-0.3, -0.25) is 4.57 Å². The van der Waals surface area contributed by atoms with Crippen LogP contribution in [0.3, 0.4) is 0 Å². The Hall–Kier alpha value is -0.510. The second-order valence-electron chi connectivity index (χ2n) is 6.28. The molecule has 0 heterocycles. The van der Waals surface area contributed by atoms with E-state index in [9.17, 15) is 9.46 Å². The van der Waals surface area contributed by atoms with Crippen LogP contribution in [0.1, 0.15) is 41.5 Å². The maximum Gasteiger partial charge on any atom is 0.268 e. The average Bonchev–Trinajstić information content (AvgIpc) is 2.26. The van der Waals surface area contributed by atoms with Crippen LogP contribution in [0.2, 0.25) is 0 Å². The highest BCUT2D eigenvalue weighted by Gasteiger charge is 2.20. The van der Waals surface area contributed by atoms with E-state index in [0.717, 1.165) is 0 Å². The zero-order valence-electron chi connectivity index (χ0n) is 13.7. The van der Waals surface area contributed by atoms with E-state index in [1.54, 1.807) is 26.8 Å². The Labute approximate surface area is 130 Å². The first-order valence-electron chi connectivity index (χ1n) is 6.54. The molecule has 10 heteroatoms. The third-order valence-electron chi connectivity index (χ3n) is 1.57. The van der Waals surface area contributed by atoms with E-state index in [-0.39, 0.29) is 18.6 Å². The molecule has 0 aliphatic carbocycles. The zero-order valence-corrected chi connectivity index (χ0v) is 14.6. The van der Waals surface area contributed by atoms with Crippen LogP contribution < -0.4 is 4.89 Å². The maximum absolute atomic E-state index is 11.3. The Balaban J connectivity index is 3.55. The lowest BCUT2D eigenvalue weighted by atomic mass is 9.97. The molecule has 0 spiro atoms. The van der Waals surface area contributed by atoms with E-state index in [1.807, 2.05) is 20.8 Å². The van der Waals surface area contributed by atoms with E-state index < -0.39 is 13.4 Å². The first-order valence-corrected chi connectivity index (χ1v) is 8.00. The van der Waals surface area contributed by atoms with Crippen LogP contribution in [0.4, 0.5) is 0 Å². The van der Waals surface area contributed by atoms with Gasteiger partial charge in [0, 0.05) is 10.1 Å². The molecule has 0 N–H and O–H groups in total. The molecule has 0 saturated heterocycles. The minimum Gasteiger partial charge on any atom is -0.756 e. The summed E-state index contributed by atoms with van der Waals surface area (Å²) in [6.07, 6.45) is 3.00. The largest absolute Gasteiger partial charge is 0.756 e. The summed E-state index contributed by atoms with van der Waals surface area (Å²) in [5.74, 6) is 0. The first kappa shape index (κ1) is 21.5. The molecule has 0 radical (unpaired) electrons. The molecule has 0 rings (SSSR count). The smallest absolute Gasteiger partial charge is 0.268 e. The Morgan fingerprint density at radius 1 is 1.00 bits per heavy atom. The molecule has 0 fully saturated rings. The number of phosphoric acid groups is 1. The number of hydrogen-bond donors (Lipinski definition) is 0. The fraction of sp³-hybridized carbons (Fsp3) is 0.833. The molecule has 0 amide bonds. The van der Waals surface area contributed by atoms with E-state index in [1.165, 1.54) is 6.26 Å². The van der Waals surface area contributed by atoms with Gasteiger partial charge in [0.15, 0.2) is 0 Å². The molecular weight excluding hydrogens is 319 g/mol. The summed E-state index contributed by atoms with van der Waals surface area (Å²) >= 11 is 0. The Bertz CT molecular complexity index is 370. The summed E-state index contributed by atoms with van der Waals surface area (Å²) in [6.45, 7) is 10.1. The van der Waals surface area contributed by atoms with Crippen LogP contribution >= 0.6 is 7.82 Å². The molecule has 0 aliphatic rings. The molecule has 1 unspecified atom stereocenters. The van der Waals surface area contributed by atoms with E-state index in [4.69, 9.17) is 4.52 Å². The van der Waals surface area contributed by atoms with Crippen LogP contribution in [-0.2, 0) is 38.5 Å². The summed E-state index contributed by atoms with van der Waals surface area (Å²) in [5.41, 5.74) is -0.942. The van der Waals surface area contributed by atoms with E-state index >= 15 is 0 Å². The normalized spacial score (nSPS) is 16.0. The average molecular weight is 343 g/mol. The Morgan fingerprint density at radius 2 is 1.64 bits per heavy atom. The second-order valence-corrected chi connectivity index (χ2v) is 7.61. The molecule has 0 aliphatic heterocycles. The van der Waals surface area contributed by atoms with Gasteiger partial charge in [0.25, 0.3) is 7.82 Å². The van der Waals surface area contributed by atoms with Crippen molar-refractivity contribution in [2.75, 3.05) is 13.2 Å². The fourth-order valence-electron chi connectivity index (χ4n) is 0.880. The quantitative estimate of drug-likeness (QED) is 0.194. The fourth-order valence-corrected chi connectivity index (χ4v) is 1.90. The number of allylic oxidation sites excluding steroid dienone is 1. The molecule has 0 aromatic carbocycles. The third-order valence-corrected chi connectivity index (χ3v) is 2.84. The van der Waals surface area contributed by atoms with Gasteiger partial charge in [-0.1, -0.05) is 20.8 Å². The van der Waals surface area contributed by atoms with Gasteiger partial charge in [0.2, 0.25) is 0 Å². The van der Waals surface area contributed by atoms with Gasteiger partial charge >= 0.3 is 0 Å². The first-order chi connectivity index (χ1) is 9.91. The number of rotatable bonds is 10. The topological polar surface area (TPSA) is 105 Å². The highest BCUT2D eigenvalue weighted by Crippen LogP contribution is 2.42. The molecule has 1 atom stereocenters. The minimum atomic E-state index is -4.39. The molecule has 22 heavy (non-hydrogen) atoms. The van der Waals surface area contributed by atoms with Crippen LogP contribution in [0.15, 0.2) is 12.3 Å². The predicted octanol–water partition coefficient (Wildman–Crippen LogP) is 2.59. The van der Waals surface area contributed by atoms with Gasteiger partial charge in [-0.2, -0.15) is 0 Å². The van der Waals surface area contributed by atoms with Crippen molar-refractivity contribution in [3.05, 3.63) is 12.3 Å². The molecule has 0 bridgehead atoms. The highest BCUT2D eigenvalue weighted by molar-refractivity contribution is 7.45. The van der Waals surface area contributed by atoms with E-state index in [2.05, 4.69) is 29.4 Å². The van der Waals surface area contributed by atoms with Crippen LogP contribution in [-0.4, -0.2) is 18.8 Å². The van der Waals surface area contributed by atoms with Crippen molar-refractivity contribution in [1.29, 1.82) is 0 Å². The van der Waals surface area contributed by atoms with Crippen LogP contribution in [0.5, 0.6) is 0 Å². The lowest BCUT2D eigenvalue weighted by Crippen LogP contribution is -2.23. The zero-order chi connectivity index (χ0) is 17.3. The predicted molar refractivity (Wildman–Crippen MR) is 73.3 cm³/mol. The molecule has 0 saturated carbocycles. The van der Waals surface area contributed by atoms with Gasteiger partial charge < -0.3 is 18.8 Å². The van der Waals surface area contributed by atoms with Crippen molar-refractivity contribution in [1.82, 2.24) is 0 Å². The second kappa shape index (κ2) is 9.59. The van der Waals surface area contributed by atoms with Crippen LogP contribution in [0, 0.1) is 5.41 Å². The monoisotopic (exact) mass is 343 g/mol. The molecule has 0 aromatic heterocycles. The van der Waals surface area contributed by atoms with Crippen molar-refractivity contribution in [2.45, 2.75) is 47.1 Å². The summed E-state index contributed by atoms with van der Waals surface area (Å²) in [6, 6.07) is 0. The summed E-state index contributed by atoms with van der Waals surface area (Å²) in [7, 11) is -4.39. The van der Waals surface area contributed by atoms with Crippen molar-refractivity contribution in [2.24, 2.45) is 5.41 Å². The standard InChI is InChI=1S/C12H25O9P/c1-11(2,3)7-8-15-19-21-20-16-9-10-17-22(13,14)18-12(4,5)6/h7-8H,9-10H2,1-6H3,(H,13,14)/p-1/b8-7+. The van der Waals surface area contributed by atoms with Crippen molar-refractivity contribution < 1.29 is 43.4 Å². The number of phosphoric ester groups is 1. The summed E-state index contributed by atoms with van der Waals surface area (Å²) in [4.78, 5) is 20.2. The van der Waals surface area contributed by atoms with Gasteiger partial charge in [-0.05, 0) is 37.3 Å². The Kier molecular flexibility index (Phi) is 9.37. The van der Waals surface area contributed by atoms with Gasteiger partial charge in [0.1, 0.15) is 12.9 Å². The van der Waals surface area contributed by atoms with Gasteiger partial charge in [-0.15, -0.1) is 0 Å². The van der Waals surface area contributed by atoms with E-state index in [0.29, 0.717) is 0 Å². The summed E-state index contributed by atoms with van der Waals surface area (Å²) in [5, 5.41) is 12.2. The van der Waals surface area contributed by atoms with Crippen molar-refractivity contribution in [3.8, 4) is 0 Å². The maximum atomic E-state index is 11.3. The number of hydrogen-bond acceptors (Lipinski definition) is 9. The third kappa shape index (κ3) is 15.9. The van der Waals surface area contributed by atoms with Gasteiger partial charge in [-0.25, -0.2) is 4.89 Å². The van der Waals surface area contributed by atoms with Crippen LogP contribution in [0.25, 0.3) is 0 Å². The lowest BCUT2D eigenvalue weighted by molar-refractivity contribution is -0.700. The SMILES string of the molecule is CC(C)(C)/C=C/OOOOOCCOP(=O)([O-])OC(C)(C)C. The summed E-state index contributed by atoms with van der Waals surface area (Å²) < 4.78 is 20.6. The van der Waals surface area contributed by atoms with Crippen molar-refractivity contribution >= 4 is 7.82 Å². The highest BCUT2D eigenvalue weighted by atomic mass is 31.2. The molecule has 9 nitrogen and oxygen atoms in total. The minimum absolute atomic E-state index is 0.0700.